The van der Waals surface area contributed by atoms with Crippen LogP contribution in [0.3, 0.4) is 0 Å². The van der Waals surface area contributed by atoms with Crippen LogP contribution in [0.5, 0.6) is 0 Å². The molecule has 39 heavy (non-hydrogen) atoms. The van der Waals surface area contributed by atoms with E-state index in [1.54, 1.807) is 0 Å². The summed E-state index contributed by atoms with van der Waals surface area (Å²) in [5, 5.41) is 12.3. The van der Waals surface area contributed by atoms with E-state index in [0.717, 1.165) is 56.4 Å². The lowest BCUT2D eigenvalue weighted by Crippen LogP contribution is -2.42. The van der Waals surface area contributed by atoms with Gasteiger partial charge in [-0.15, -0.1) is 0 Å². The number of hydrogen-bond acceptors (Lipinski definition) is 6. The van der Waals surface area contributed by atoms with Crippen molar-refractivity contribution in [2.45, 2.75) is 72.0 Å². The number of nitrogens with zero attached hydrogens (tertiary/aromatic N) is 3. The molecule has 2 amide bonds. The van der Waals surface area contributed by atoms with E-state index in [9.17, 15) is 9.59 Å². The van der Waals surface area contributed by atoms with E-state index in [-0.39, 0.29) is 24.4 Å². The van der Waals surface area contributed by atoms with Gasteiger partial charge in [-0.1, -0.05) is 35.0 Å². The van der Waals surface area contributed by atoms with Crippen LogP contribution in [0.2, 0.25) is 0 Å². The zero-order valence-electron chi connectivity index (χ0n) is 22.8. The van der Waals surface area contributed by atoms with E-state index >= 15 is 0 Å². The van der Waals surface area contributed by atoms with Crippen molar-refractivity contribution in [3.05, 3.63) is 51.3 Å². The van der Waals surface area contributed by atoms with Crippen molar-refractivity contribution in [2.24, 2.45) is 17.1 Å². The molecule has 2 unspecified atom stereocenters. The van der Waals surface area contributed by atoms with Gasteiger partial charge in [0.1, 0.15) is 5.41 Å². The Morgan fingerprint density at radius 1 is 1.26 bits per heavy atom. The number of aromatic nitrogens is 3. The third-order valence-corrected chi connectivity index (χ3v) is 9.12. The number of primary amides is 1. The monoisotopic (exact) mass is 596 g/mol. The maximum absolute atomic E-state index is 13.6. The van der Waals surface area contributed by atoms with Gasteiger partial charge in [-0.05, 0) is 69.1 Å². The number of amides is 2. The number of halogens is 1. The van der Waals surface area contributed by atoms with E-state index in [2.05, 4.69) is 44.7 Å². The first-order valence-electron chi connectivity index (χ1n) is 13.8. The SMILES string of the molecule is CCc1nc2c(cnn2CC)c(NC2CCOCC2)c1CNC(=O)C1(C(N)=O)CC1Cc1ccc(C)c(Br)c1. The summed E-state index contributed by atoms with van der Waals surface area (Å²) in [5.41, 5.74) is 10.5. The molecule has 0 spiro atoms. The average molecular weight is 598 g/mol. The number of fused-ring (bicyclic) bond motifs is 1. The Hall–Kier alpha value is -2.98. The number of anilines is 1. The molecule has 2 aliphatic rings. The molecule has 2 fully saturated rings. The van der Waals surface area contributed by atoms with Crippen LogP contribution in [-0.2, 0) is 40.3 Å². The van der Waals surface area contributed by atoms with Gasteiger partial charge in [-0.3, -0.25) is 9.59 Å². The minimum absolute atomic E-state index is 0.126. The largest absolute Gasteiger partial charge is 0.381 e. The number of pyridine rings is 1. The summed E-state index contributed by atoms with van der Waals surface area (Å²) in [6.07, 6.45) is 5.43. The predicted octanol–water partition coefficient (Wildman–Crippen LogP) is 4.03. The van der Waals surface area contributed by atoms with Crippen molar-refractivity contribution in [1.82, 2.24) is 20.1 Å². The van der Waals surface area contributed by atoms with Gasteiger partial charge in [0.25, 0.3) is 0 Å². The van der Waals surface area contributed by atoms with Gasteiger partial charge < -0.3 is 21.1 Å². The molecule has 0 radical (unpaired) electrons. The summed E-state index contributed by atoms with van der Waals surface area (Å²) in [6, 6.07) is 6.39. The molecule has 4 N–H and O–H groups in total. The van der Waals surface area contributed by atoms with Gasteiger partial charge in [-0.25, -0.2) is 9.67 Å². The number of aryl methyl sites for hydroxylation is 3. The molecule has 2 aromatic heterocycles. The minimum Gasteiger partial charge on any atom is -0.381 e. The summed E-state index contributed by atoms with van der Waals surface area (Å²) < 4.78 is 8.47. The smallest absolute Gasteiger partial charge is 0.236 e. The topological polar surface area (TPSA) is 124 Å². The second-order valence-corrected chi connectivity index (χ2v) is 11.6. The molecular weight excluding hydrogens is 560 g/mol. The summed E-state index contributed by atoms with van der Waals surface area (Å²) in [4.78, 5) is 31.2. The number of benzene rings is 1. The van der Waals surface area contributed by atoms with Gasteiger partial charge in [-0.2, -0.15) is 5.10 Å². The van der Waals surface area contributed by atoms with Crippen LogP contribution < -0.4 is 16.4 Å². The summed E-state index contributed by atoms with van der Waals surface area (Å²) in [5.74, 6) is -1.00. The summed E-state index contributed by atoms with van der Waals surface area (Å²) >= 11 is 3.58. The van der Waals surface area contributed by atoms with Crippen LogP contribution in [0, 0.1) is 18.3 Å². The fraction of sp³-hybridized carbons (Fsp3) is 0.517. The van der Waals surface area contributed by atoms with Crippen molar-refractivity contribution in [1.29, 1.82) is 0 Å². The Labute approximate surface area is 237 Å². The normalized spacial score (nSPS) is 21.2. The van der Waals surface area contributed by atoms with Crippen LogP contribution in [-0.4, -0.2) is 45.8 Å². The van der Waals surface area contributed by atoms with E-state index < -0.39 is 11.3 Å². The lowest BCUT2D eigenvalue weighted by Gasteiger charge is -2.27. The average Bonchev–Trinajstić information content (AvgIpc) is 3.52. The quantitative estimate of drug-likeness (QED) is 0.304. The molecular formula is C29H37BrN6O3. The van der Waals surface area contributed by atoms with Crippen LogP contribution in [0.25, 0.3) is 11.0 Å². The Bertz CT molecular complexity index is 1400. The van der Waals surface area contributed by atoms with Gasteiger partial charge in [0, 0.05) is 48.1 Å². The van der Waals surface area contributed by atoms with Crippen LogP contribution in [0.1, 0.15) is 55.5 Å². The molecule has 1 aromatic carbocycles. The van der Waals surface area contributed by atoms with Gasteiger partial charge in [0.2, 0.25) is 11.8 Å². The number of nitrogens with one attached hydrogen (secondary N) is 2. The van der Waals surface area contributed by atoms with Crippen molar-refractivity contribution in [2.75, 3.05) is 18.5 Å². The van der Waals surface area contributed by atoms with Crippen molar-refractivity contribution < 1.29 is 14.3 Å². The molecule has 10 heteroatoms. The lowest BCUT2D eigenvalue weighted by molar-refractivity contribution is -0.136. The molecule has 1 saturated carbocycles. The Morgan fingerprint density at radius 2 is 2.03 bits per heavy atom. The van der Waals surface area contributed by atoms with Gasteiger partial charge in [0.05, 0.1) is 17.3 Å². The second-order valence-electron chi connectivity index (χ2n) is 10.7. The highest BCUT2D eigenvalue weighted by Crippen LogP contribution is 2.54. The molecule has 208 valence electrons. The number of nitrogens with two attached hydrogens (primary N) is 1. The van der Waals surface area contributed by atoms with E-state index in [1.807, 2.05) is 36.9 Å². The number of ether oxygens (including phenoxy) is 1. The fourth-order valence-corrected chi connectivity index (χ4v) is 6.17. The number of rotatable bonds is 10. The standard InChI is InChI=1S/C29H37BrN6O3/c1-4-24-21(25(34-20-8-10-39-11-9-20)22-16-33-36(5-2)26(22)35-24)15-32-28(38)29(27(31)37)14-19(29)12-18-7-6-17(3)23(30)13-18/h6-7,13,16,19-20H,4-5,8-12,14-15H2,1-3H3,(H2,31,37)(H,32,38)(H,34,35). The Kier molecular flexibility index (Phi) is 7.96. The van der Waals surface area contributed by atoms with Crippen molar-refractivity contribution in [3.8, 4) is 0 Å². The van der Waals surface area contributed by atoms with Crippen LogP contribution in [0.4, 0.5) is 5.69 Å². The summed E-state index contributed by atoms with van der Waals surface area (Å²) in [7, 11) is 0. The summed E-state index contributed by atoms with van der Waals surface area (Å²) in [6.45, 7) is 8.54. The highest BCUT2D eigenvalue weighted by Gasteiger charge is 2.64. The fourth-order valence-electron chi connectivity index (χ4n) is 5.74. The first-order valence-corrected chi connectivity index (χ1v) is 14.6. The number of carbonyl (C=O) groups excluding carboxylic acids is 2. The predicted molar refractivity (Wildman–Crippen MR) is 154 cm³/mol. The minimum atomic E-state index is -1.19. The van der Waals surface area contributed by atoms with Crippen LogP contribution >= 0.6 is 15.9 Å². The highest BCUT2D eigenvalue weighted by atomic mass is 79.9. The van der Waals surface area contributed by atoms with Crippen molar-refractivity contribution in [3.63, 3.8) is 0 Å². The van der Waals surface area contributed by atoms with E-state index in [4.69, 9.17) is 15.5 Å². The molecule has 2 atom stereocenters. The zero-order chi connectivity index (χ0) is 27.7. The molecule has 1 aliphatic carbocycles. The van der Waals surface area contributed by atoms with Crippen molar-refractivity contribution >= 4 is 44.5 Å². The Morgan fingerprint density at radius 3 is 2.69 bits per heavy atom. The molecule has 0 bridgehead atoms. The number of carbonyl (C=O) groups is 2. The first kappa shape index (κ1) is 27.6. The molecule has 3 heterocycles. The third-order valence-electron chi connectivity index (χ3n) is 8.27. The van der Waals surface area contributed by atoms with E-state index in [1.165, 1.54) is 0 Å². The molecule has 3 aromatic rings. The Balaban J connectivity index is 1.40. The first-order chi connectivity index (χ1) is 18.8. The molecule has 1 saturated heterocycles. The van der Waals surface area contributed by atoms with Gasteiger partial charge >= 0.3 is 0 Å². The molecule has 1 aliphatic heterocycles. The van der Waals surface area contributed by atoms with E-state index in [0.29, 0.717) is 39.0 Å². The second kappa shape index (κ2) is 11.3. The highest BCUT2D eigenvalue weighted by molar-refractivity contribution is 9.10. The zero-order valence-corrected chi connectivity index (χ0v) is 24.4. The number of hydrogen-bond donors (Lipinski definition) is 3. The third kappa shape index (κ3) is 5.28. The lowest BCUT2D eigenvalue weighted by atomic mass is 9.96. The maximum atomic E-state index is 13.6. The van der Waals surface area contributed by atoms with Crippen LogP contribution in [0.15, 0.2) is 28.9 Å². The maximum Gasteiger partial charge on any atom is 0.236 e. The molecule has 5 rings (SSSR count). The van der Waals surface area contributed by atoms with Gasteiger partial charge in [0.15, 0.2) is 5.65 Å². The molecule has 9 nitrogen and oxygen atoms in total.